The third kappa shape index (κ3) is 4.01. The summed E-state index contributed by atoms with van der Waals surface area (Å²) >= 11 is 0. The molecule has 0 bridgehead atoms. The van der Waals surface area contributed by atoms with E-state index in [0.29, 0.717) is 0 Å². The Hall–Kier alpha value is -2.96. The number of anilines is 1. The summed E-state index contributed by atoms with van der Waals surface area (Å²) in [5.41, 5.74) is 1.83. The number of nitrogens with zero attached hydrogens (tertiary/aromatic N) is 6. The van der Waals surface area contributed by atoms with Crippen molar-refractivity contribution in [1.82, 2.24) is 24.6 Å². The molecule has 1 aliphatic heterocycles. The third-order valence-electron chi connectivity index (χ3n) is 5.53. The fraction of sp³-hybridized carbons (Fsp3) is 0.478. The number of fused-ring (bicyclic) bond motifs is 1. The highest BCUT2D eigenvalue weighted by atomic mass is 16.2. The van der Waals surface area contributed by atoms with Crippen molar-refractivity contribution in [3.05, 3.63) is 42.4 Å². The number of aryl methyl sites for hydroxylation is 1. The lowest BCUT2D eigenvalue weighted by atomic mass is 10.2. The molecule has 30 heavy (non-hydrogen) atoms. The quantitative estimate of drug-likeness (QED) is 0.649. The van der Waals surface area contributed by atoms with Gasteiger partial charge >= 0.3 is 0 Å². The molecule has 1 aromatic carbocycles. The number of hydrogen-bond donors (Lipinski definition) is 0. The largest absolute Gasteiger partial charge is 0.354 e. The molecule has 1 saturated heterocycles. The molecular formula is C23H30N6O. The standard InChI is InChI=1S/C23H30N6O/c1-4-9-20-25-21(27-12-8-13-28(15-14-27)23(30)17(2)3)19-16-24-29(22(19)26-20)18-10-6-5-7-11-18/h5-7,10-11,16-17H,4,8-9,12-15H2,1-3H3. The summed E-state index contributed by atoms with van der Waals surface area (Å²) in [4.78, 5) is 26.5. The molecule has 0 unspecified atom stereocenters. The predicted octanol–water partition coefficient (Wildman–Crippen LogP) is 3.46. The Morgan fingerprint density at radius 1 is 1.07 bits per heavy atom. The molecule has 3 aromatic rings. The summed E-state index contributed by atoms with van der Waals surface area (Å²) in [5, 5.41) is 5.60. The first kappa shape index (κ1) is 20.3. The van der Waals surface area contributed by atoms with Crippen molar-refractivity contribution in [3.63, 3.8) is 0 Å². The highest BCUT2D eigenvalue weighted by Crippen LogP contribution is 2.27. The average Bonchev–Trinajstić information content (AvgIpc) is 3.02. The van der Waals surface area contributed by atoms with E-state index in [1.807, 2.05) is 60.0 Å². The Morgan fingerprint density at radius 2 is 1.87 bits per heavy atom. The van der Waals surface area contributed by atoms with Crippen LogP contribution in [0.2, 0.25) is 0 Å². The van der Waals surface area contributed by atoms with E-state index in [9.17, 15) is 4.79 Å². The molecule has 1 aliphatic rings. The second-order valence-corrected chi connectivity index (χ2v) is 8.16. The van der Waals surface area contributed by atoms with E-state index in [-0.39, 0.29) is 11.8 Å². The molecule has 2 aromatic heterocycles. The molecule has 158 valence electrons. The zero-order chi connectivity index (χ0) is 21.1. The number of aromatic nitrogens is 4. The van der Waals surface area contributed by atoms with Gasteiger partial charge in [-0.05, 0) is 25.0 Å². The van der Waals surface area contributed by atoms with Gasteiger partial charge in [-0.25, -0.2) is 14.6 Å². The first-order valence-electron chi connectivity index (χ1n) is 10.9. The van der Waals surface area contributed by atoms with E-state index in [1.54, 1.807) is 0 Å². The third-order valence-corrected chi connectivity index (χ3v) is 5.53. The van der Waals surface area contributed by atoms with Crippen molar-refractivity contribution in [2.45, 2.75) is 40.0 Å². The Labute approximate surface area is 177 Å². The minimum absolute atomic E-state index is 0.0302. The minimum atomic E-state index is 0.0302. The van der Waals surface area contributed by atoms with Gasteiger partial charge in [-0.1, -0.05) is 39.0 Å². The van der Waals surface area contributed by atoms with E-state index in [1.165, 1.54) is 0 Å². The summed E-state index contributed by atoms with van der Waals surface area (Å²) < 4.78 is 1.89. The van der Waals surface area contributed by atoms with E-state index in [2.05, 4.69) is 16.9 Å². The number of amides is 1. The highest BCUT2D eigenvalue weighted by Gasteiger charge is 2.24. The van der Waals surface area contributed by atoms with Gasteiger partial charge in [0, 0.05) is 38.5 Å². The summed E-state index contributed by atoms with van der Waals surface area (Å²) in [6.45, 7) is 9.24. The first-order valence-corrected chi connectivity index (χ1v) is 10.9. The van der Waals surface area contributed by atoms with Crippen LogP contribution in [0.5, 0.6) is 0 Å². The van der Waals surface area contributed by atoms with Gasteiger partial charge in [0.2, 0.25) is 5.91 Å². The Bertz CT molecular complexity index is 1010. The van der Waals surface area contributed by atoms with Gasteiger partial charge < -0.3 is 9.80 Å². The second-order valence-electron chi connectivity index (χ2n) is 8.16. The number of para-hydroxylation sites is 1. The molecular weight excluding hydrogens is 376 g/mol. The maximum atomic E-state index is 12.5. The number of rotatable bonds is 5. The van der Waals surface area contributed by atoms with Crippen LogP contribution < -0.4 is 4.90 Å². The summed E-state index contributed by atoms with van der Waals surface area (Å²) in [5.74, 6) is 2.04. The van der Waals surface area contributed by atoms with Gasteiger partial charge in [0.05, 0.1) is 17.3 Å². The van der Waals surface area contributed by atoms with Gasteiger partial charge in [-0.2, -0.15) is 5.10 Å². The van der Waals surface area contributed by atoms with Crippen LogP contribution in [0.4, 0.5) is 5.82 Å². The fourth-order valence-corrected chi connectivity index (χ4v) is 3.99. The van der Waals surface area contributed by atoms with E-state index in [0.717, 1.165) is 73.8 Å². The van der Waals surface area contributed by atoms with Gasteiger partial charge in [0.25, 0.3) is 0 Å². The smallest absolute Gasteiger partial charge is 0.225 e. The number of carbonyl (C=O) groups excluding carboxylic acids is 1. The Morgan fingerprint density at radius 3 is 2.60 bits per heavy atom. The lowest BCUT2D eigenvalue weighted by Gasteiger charge is -2.24. The summed E-state index contributed by atoms with van der Waals surface area (Å²) in [6, 6.07) is 10.1. The molecule has 3 heterocycles. The van der Waals surface area contributed by atoms with Crippen LogP contribution in [-0.2, 0) is 11.2 Å². The van der Waals surface area contributed by atoms with Crippen molar-refractivity contribution in [2.24, 2.45) is 5.92 Å². The molecule has 0 radical (unpaired) electrons. The van der Waals surface area contributed by atoms with Crippen LogP contribution in [0.1, 0.15) is 39.4 Å². The van der Waals surface area contributed by atoms with Crippen molar-refractivity contribution >= 4 is 22.8 Å². The van der Waals surface area contributed by atoms with Crippen LogP contribution in [0.15, 0.2) is 36.5 Å². The maximum absolute atomic E-state index is 12.5. The summed E-state index contributed by atoms with van der Waals surface area (Å²) in [6.07, 6.45) is 4.62. The second kappa shape index (κ2) is 8.81. The van der Waals surface area contributed by atoms with Gasteiger partial charge in [-0.3, -0.25) is 4.79 Å². The van der Waals surface area contributed by atoms with Crippen molar-refractivity contribution in [1.29, 1.82) is 0 Å². The molecule has 4 rings (SSSR count). The Balaban J connectivity index is 1.71. The molecule has 1 fully saturated rings. The number of benzene rings is 1. The lowest BCUT2D eigenvalue weighted by Crippen LogP contribution is -2.37. The van der Waals surface area contributed by atoms with Crippen molar-refractivity contribution < 1.29 is 4.79 Å². The topological polar surface area (TPSA) is 67.2 Å². The number of carbonyl (C=O) groups is 1. The normalized spacial score (nSPS) is 15.1. The number of hydrogen-bond acceptors (Lipinski definition) is 5. The van der Waals surface area contributed by atoms with Crippen LogP contribution in [-0.4, -0.2) is 56.7 Å². The lowest BCUT2D eigenvalue weighted by molar-refractivity contribution is -0.134. The van der Waals surface area contributed by atoms with E-state index < -0.39 is 0 Å². The minimum Gasteiger partial charge on any atom is -0.354 e. The molecule has 1 amide bonds. The predicted molar refractivity (Wildman–Crippen MR) is 119 cm³/mol. The average molecular weight is 407 g/mol. The monoisotopic (exact) mass is 406 g/mol. The van der Waals surface area contributed by atoms with Gasteiger partial charge in [0.1, 0.15) is 11.6 Å². The molecule has 0 atom stereocenters. The first-order chi connectivity index (χ1) is 14.6. The molecule has 0 N–H and O–H groups in total. The zero-order valence-corrected chi connectivity index (χ0v) is 18.1. The maximum Gasteiger partial charge on any atom is 0.225 e. The molecule has 0 saturated carbocycles. The van der Waals surface area contributed by atoms with E-state index >= 15 is 0 Å². The molecule has 7 heteroatoms. The fourth-order valence-electron chi connectivity index (χ4n) is 3.99. The molecule has 0 spiro atoms. The van der Waals surface area contributed by atoms with E-state index in [4.69, 9.17) is 9.97 Å². The SMILES string of the molecule is CCCc1nc(N2CCCN(C(=O)C(C)C)CC2)c2cnn(-c3ccccc3)c2n1. The van der Waals surface area contributed by atoms with Gasteiger partial charge in [0.15, 0.2) is 5.65 Å². The van der Waals surface area contributed by atoms with Gasteiger partial charge in [-0.15, -0.1) is 0 Å². The zero-order valence-electron chi connectivity index (χ0n) is 18.1. The van der Waals surface area contributed by atoms with Crippen LogP contribution >= 0.6 is 0 Å². The van der Waals surface area contributed by atoms with Crippen LogP contribution in [0, 0.1) is 5.92 Å². The molecule has 0 aliphatic carbocycles. The highest BCUT2D eigenvalue weighted by molar-refractivity contribution is 5.88. The van der Waals surface area contributed by atoms with Crippen LogP contribution in [0.3, 0.4) is 0 Å². The van der Waals surface area contributed by atoms with Crippen molar-refractivity contribution in [2.75, 3.05) is 31.1 Å². The molecule has 7 nitrogen and oxygen atoms in total. The Kier molecular flexibility index (Phi) is 5.97. The van der Waals surface area contributed by atoms with Crippen molar-refractivity contribution in [3.8, 4) is 5.69 Å². The van der Waals surface area contributed by atoms with Crippen LogP contribution in [0.25, 0.3) is 16.7 Å². The summed E-state index contributed by atoms with van der Waals surface area (Å²) in [7, 11) is 0.